The molecule has 2 aromatic carbocycles. The standard InChI is InChI=1S/C17H16F3NO2/c1-11(22)16-14(17(18,19)20)4-3-5-15(16)21-10-12-6-8-13(23-2)9-7-12/h3-9,21H,10H2,1-2H3. The summed E-state index contributed by atoms with van der Waals surface area (Å²) in [5.41, 5.74) is -0.237. The zero-order valence-electron chi connectivity index (χ0n) is 12.7. The van der Waals surface area contributed by atoms with Gasteiger partial charge in [-0.15, -0.1) is 0 Å². The van der Waals surface area contributed by atoms with Crippen molar-refractivity contribution in [3.05, 3.63) is 59.2 Å². The minimum absolute atomic E-state index is 0.170. The van der Waals surface area contributed by atoms with Gasteiger partial charge in [-0.05, 0) is 36.8 Å². The second kappa shape index (κ2) is 6.73. The zero-order valence-corrected chi connectivity index (χ0v) is 12.7. The van der Waals surface area contributed by atoms with Gasteiger partial charge in [0.2, 0.25) is 0 Å². The van der Waals surface area contributed by atoms with E-state index in [0.717, 1.165) is 18.6 Å². The van der Waals surface area contributed by atoms with E-state index in [4.69, 9.17) is 4.74 Å². The SMILES string of the molecule is COc1ccc(CNc2cccc(C(F)(F)F)c2C(C)=O)cc1. The average molecular weight is 323 g/mol. The van der Waals surface area contributed by atoms with Crippen LogP contribution in [0.25, 0.3) is 0 Å². The first-order valence-corrected chi connectivity index (χ1v) is 6.91. The molecule has 0 saturated heterocycles. The molecule has 0 heterocycles. The summed E-state index contributed by atoms with van der Waals surface area (Å²) in [6, 6.07) is 10.8. The Hall–Kier alpha value is -2.50. The normalized spacial score (nSPS) is 11.2. The highest BCUT2D eigenvalue weighted by molar-refractivity contribution is 6.01. The van der Waals surface area contributed by atoms with Crippen LogP contribution in [0.2, 0.25) is 0 Å². The van der Waals surface area contributed by atoms with Gasteiger partial charge >= 0.3 is 6.18 Å². The molecule has 0 atom stereocenters. The number of ketones is 1. The summed E-state index contributed by atoms with van der Waals surface area (Å²) < 4.78 is 44.2. The molecule has 0 aromatic heterocycles. The van der Waals surface area contributed by atoms with Crippen LogP contribution >= 0.6 is 0 Å². The van der Waals surface area contributed by atoms with Crippen molar-refractivity contribution < 1.29 is 22.7 Å². The van der Waals surface area contributed by atoms with Gasteiger partial charge in [0, 0.05) is 12.2 Å². The van der Waals surface area contributed by atoms with E-state index in [9.17, 15) is 18.0 Å². The van der Waals surface area contributed by atoms with E-state index in [1.165, 1.54) is 12.1 Å². The van der Waals surface area contributed by atoms with Crippen LogP contribution in [0, 0.1) is 0 Å². The molecule has 0 aliphatic carbocycles. The first-order valence-electron chi connectivity index (χ1n) is 6.91. The fourth-order valence-electron chi connectivity index (χ4n) is 2.26. The summed E-state index contributed by atoms with van der Waals surface area (Å²) >= 11 is 0. The number of ether oxygens (including phenoxy) is 1. The smallest absolute Gasteiger partial charge is 0.417 e. The summed E-state index contributed by atoms with van der Waals surface area (Å²) in [4.78, 5) is 11.7. The minimum Gasteiger partial charge on any atom is -0.497 e. The predicted octanol–water partition coefficient (Wildman–Crippen LogP) is 4.53. The lowest BCUT2D eigenvalue weighted by molar-refractivity contribution is -0.137. The molecule has 6 heteroatoms. The van der Waals surface area contributed by atoms with Crippen LogP contribution in [0.4, 0.5) is 18.9 Å². The van der Waals surface area contributed by atoms with E-state index < -0.39 is 17.5 Å². The average Bonchev–Trinajstić information content (AvgIpc) is 2.52. The Kier molecular flexibility index (Phi) is 4.93. The monoisotopic (exact) mass is 323 g/mol. The van der Waals surface area contributed by atoms with Crippen LogP contribution in [0.15, 0.2) is 42.5 Å². The van der Waals surface area contributed by atoms with Crippen LogP contribution in [-0.2, 0) is 12.7 Å². The molecular formula is C17H16F3NO2. The number of alkyl halides is 3. The maximum Gasteiger partial charge on any atom is 0.417 e. The Balaban J connectivity index is 2.27. The first kappa shape index (κ1) is 16.9. The Morgan fingerprint density at radius 1 is 1.13 bits per heavy atom. The van der Waals surface area contributed by atoms with Crippen molar-refractivity contribution in [2.24, 2.45) is 0 Å². The number of anilines is 1. The van der Waals surface area contributed by atoms with Crippen LogP contribution in [0.3, 0.4) is 0 Å². The number of hydrogen-bond donors (Lipinski definition) is 1. The number of benzene rings is 2. The number of carbonyl (C=O) groups excluding carboxylic acids is 1. The molecule has 2 rings (SSSR count). The number of methoxy groups -OCH3 is 1. The molecule has 122 valence electrons. The highest BCUT2D eigenvalue weighted by Gasteiger charge is 2.35. The highest BCUT2D eigenvalue weighted by atomic mass is 19.4. The molecule has 23 heavy (non-hydrogen) atoms. The van der Waals surface area contributed by atoms with Gasteiger partial charge in [-0.3, -0.25) is 4.79 Å². The van der Waals surface area contributed by atoms with Crippen LogP contribution in [-0.4, -0.2) is 12.9 Å². The predicted molar refractivity (Wildman–Crippen MR) is 81.8 cm³/mol. The Morgan fingerprint density at radius 2 is 1.78 bits per heavy atom. The third kappa shape index (κ3) is 4.03. The Bertz CT molecular complexity index is 694. The van der Waals surface area contributed by atoms with Gasteiger partial charge in [-0.1, -0.05) is 18.2 Å². The van der Waals surface area contributed by atoms with Crippen LogP contribution in [0.5, 0.6) is 5.75 Å². The van der Waals surface area contributed by atoms with Gasteiger partial charge in [-0.25, -0.2) is 0 Å². The van der Waals surface area contributed by atoms with Gasteiger partial charge in [-0.2, -0.15) is 13.2 Å². The second-order valence-corrected chi connectivity index (χ2v) is 4.98. The van der Waals surface area contributed by atoms with Gasteiger partial charge in [0.15, 0.2) is 5.78 Å². The summed E-state index contributed by atoms with van der Waals surface area (Å²) in [6.07, 6.45) is -4.57. The van der Waals surface area contributed by atoms with E-state index >= 15 is 0 Å². The minimum atomic E-state index is -4.57. The van der Waals surface area contributed by atoms with Crippen LogP contribution < -0.4 is 10.1 Å². The zero-order chi connectivity index (χ0) is 17.0. The quantitative estimate of drug-likeness (QED) is 0.822. The molecule has 1 N–H and O–H groups in total. The molecule has 2 aromatic rings. The number of halogens is 3. The molecule has 0 saturated carbocycles. The van der Waals surface area contributed by atoms with Crippen molar-refractivity contribution in [1.82, 2.24) is 0 Å². The molecule has 0 radical (unpaired) electrons. The maximum absolute atomic E-state index is 13.0. The van der Waals surface area contributed by atoms with Gasteiger partial charge in [0.1, 0.15) is 5.75 Å². The number of Topliss-reactive ketones (excluding diaryl/α,β-unsaturated/α-hetero) is 1. The fourth-order valence-corrected chi connectivity index (χ4v) is 2.26. The van der Waals surface area contributed by atoms with E-state index in [1.807, 2.05) is 0 Å². The first-order chi connectivity index (χ1) is 10.8. The number of nitrogens with one attached hydrogen (secondary N) is 1. The van der Waals surface area contributed by atoms with Crippen molar-refractivity contribution in [1.29, 1.82) is 0 Å². The van der Waals surface area contributed by atoms with Gasteiger partial charge in [0.05, 0.1) is 18.2 Å². The third-order valence-electron chi connectivity index (χ3n) is 3.36. The van der Waals surface area contributed by atoms with Crippen molar-refractivity contribution in [3.63, 3.8) is 0 Å². The van der Waals surface area contributed by atoms with Gasteiger partial charge < -0.3 is 10.1 Å². The summed E-state index contributed by atoms with van der Waals surface area (Å²) in [6.45, 7) is 1.43. The molecule has 3 nitrogen and oxygen atoms in total. The van der Waals surface area contributed by atoms with Crippen molar-refractivity contribution in [3.8, 4) is 5.75 Å². The molecule has 0 aliphatic rings. The number of carbonyl (C=O) groups is 1. The molecule has 0 fully saturated rings. The molecule has 0 aliphatic heterocycles. The van der Waals surface area contributed by atoms with Crippen molar-refractivity contribution in [2.75, 3.05) is 12.4 Å². The summed E-state index contributed by atoms with van der Waals surface area (Å²) in [5.74, 6) is 0.0624. The Morgan fingerprint density at radius 3 is 2.30 bits per heavy atom. The topological polar surface area (TPSA) is 38.3 Å². The van der Waals surface area contributed by atoms with Crippen molar-refractivity contribution in [2.45, 2.75) is 19.6 Å². The number of hydrogen-bond acceptors (Lipinski definition) is 3. The van der Waals surface area contributed by atoms with E-state index in [1.54, 1.807) is 31.4 Å². The molecular weight excluding hydrogens is 307 g/mol. The maximum atomic E-state index is 13.0. The molecule has 0 bridgehead atoms. The molecule has 0 unspecified atom stereocenters. The largest absolute Gasteiger partial charge is 0.497 e. The second-order valence-electron chi connectivity index (χ2n) is 4.98. The lowest BCUT2D eigenvalue weighted by Crippen LogP contribution is -2.14. The van der Waals surface area contributed by atoms with Crippen molar-refractivity contribution >= 4 is 11.5 Å². The van der Waals surface area contributed by atoms with E-state index in [0.29, 0.717) is 12.3 Å². The third-order valence-corrected chi connectivity index (χ3v) is 3.36. The highest BCUT2D eigenvalue weighted by Crippen LogP contribution is 2.35. The molecule has 0 spiro atoms. The Labute approximate surface area is 132 Å². The van der Waals surface area contributed by atoms with Gasteiger partial charge in [0.25, 0.3) is 0 Å². The summed E-state index contributed by atoms with van der Waals surface area (Å²) in [7, 11) is 1.55. The summed E-state index contributed by atoms with van der Waals surface area (Å²) in [5, 5.41) is 2.90. The van der Waals surface area contributed by atoms with E-state index in [2.05, 4.69) is 5.32 Å². The van der Waals surface area contributed by atoms with E-state index in [-0.39, 0.29) is 11.3 Å². The van der Waals surface area contributed by atoms with Crippen LogP contribution in [0.1, 0.15) is 28.4 Å². The fraction of sp³-hybridized carbons (Fsp3) is 0.235. The molecule has 0 amide bonds. The lowest BCUT2D eigenvalue weighted by atomic mass is 10.0. The lowest BCUT2D eigenvalue weighted by Gasteiger charge is -2.16. The number of rotatable bonds is 5.